The Morgan fingerprint density at radius 1 is 1.50 bits per heavy atom. The van der Waals surface area contributed by atoms with E-state index in [4.69, 9.17) is 12.6 Å². The Kier molecular flexibility index (Phi) is 1.77. The molecule has 0 amide bonds. The summed E-state index contributed by atoms with van der Waals surface area (Å²) in [4.78, 5) is 0. The van der Waals surface area contributed by atoms with Crippen molar-refractivity contribution in [1.29, 1.82) is 0 Å². The largest absolute Gasteiger partial charge is 0.383 e. The van der Waals surface area contributed by atoms with Crippen molar-refractivity contribution in [1.82, 2.24) is 0 Å². The SMILES string of the molecule is [B]C1OC(CC)C(C2=C=[C]2)C1C1=C[CH]1. The van der Waals surface area contributed by atoms with Gasteiger partial charge in [-0.1, -0.05) is 18.6 Å². The first-order chi connectivity index (χ1) is 6.81. The average Bonchev–Trinajstić information content (AvgIpc) is 3.03. The summed E-state index contributed by atoms with van der Waals surface area (Å²) in [6, 6.07) is -0.147. The standard InChI is InChI=1S/C12H11BO/c1-2-9-10(7-3-4-7)11(8-5-6-8)12(13)14-9/h5-6,9-12H,2H2,1H3. The van der Waals surface area contributed by atoms with Crippen molar-refractivity contribution in [2.24, 2.45) is 11.8 Å². The molecule has 14 heavy (non-hydrogen) atoms. The summed E-state index contributed by atoms with van der Waals surface area (Å²) in [6.45, 7) is 2.14. The number of hydrogen-bond donors (Lipinski definition) is 0. The lowest BCUT2D eigenvalue weighted by Gasteiger charge is -2.18. The first kappa shape index (κ1) is 8.58. The number of allylic oxidation sites excluding steroid dienone is 1. The second-order valence-electron chi connectivity index (χ2n) is 4.10. The van der Waals surface area contributed by atoms with Crippen LogP contribution in [0.25, 0.3) is 0 Å². The van der Waals surface area contributed by atoms with E-state index in [9.17, 15) is 0 Å². The maximum Gasteiger partial charge on any atom is 0.109 e. The normalized spacial score (nSPS) is 43.5. The summed E-state index contributed by atoms with van der Waals surface area (Å²) in [7, 11) is 5.99. The van der Waals surface area contributed by atoms with Gasteiger partial charge in [-0.25, -0.2) is 0 Å². The summed E-state index contributed by atoms with van der Waals surface area (Å²) in [6.07, 6.45) is 8.58. The molecule has 0 bridgehead atoms. The summed E-state index contributed by atoms with van der Waals surface area (Å²) in [5.41, 5.74) is 5.60. The fourth-order valence-corrected chi connectivity index (χ4v) is 2.39. The molecular weight excluding hydrogens is 171 g/mol. The third-order valence-electron chi connectivity index (χ3n) is 3.22. The first-order valence-electron chi connectivity index (χ1n) is 5.16. The van der Waals surface area contributed by atoms with Crippen LogP contribution in [0, 0.1) is 24.3 Å². The van der Waals surface area contributed by atoms with Crippen LogP contribution >= 0.6 is 0 Å². The topological polar surface area (TPSA) is 9.23 Å². The molecule has 3 rings (SSSR count). The van der Waals surface area contributed by atoms with E-state index in [0.29, 0.717) is 11.8 Å². The molecule has 0 aromatic rings. The highest BCUT2D eigenvalue weighted by atomic mass is 16.5. The van der Waals surface area contributed by atoms with Gasteiger partial charge in [0, 0.05) is 35.9 Å². The highest BCUT2D eigenvalue weighted by Gasteiger charge is 2.46. The van der Waals surface area contributed by atoms with Gasteiger partial charge in [-0.2, -0.15) is 0 Å². The van der Waals surface area contributed by atoms with E-state index >= 15 is 0 Å². The van der Waals surface area contributed by atoms with E-state index in [0.717, 1.165) is 6.42 Å². The minimum absolute atomic E-state index is 0.147. The van der Waals surface area contributed by atoms with Crippen LogP contribution in [-0.2, 0) is 4.74 Å². The van der Waals surface area contributed by atoms with Gasteiger partial charge in [0.2, 0.25) is 0 Å². The monoisotopic (exact) mass is 182 g/mol. The van der Waals surface area contributed by atoms with Crippen LogP contribution in [-0.4, -0.2) is 20.0 Å². The van der Waals surface area contributed by atoms with Gasteiger partial charge in [-0.3, -0.25) is 0 Å². The molecule has 3 aliphatic rings. The van der Waals surface area contributed by atoms with E-state index in [1.807, 2.05) is 0 Å². The molecule has 4 atom stereocenters. The molecular formula is C12H11BO. The molecule has 1 aliphatic heterocycles. The predicted octanol–water partition coefficient (Wildman–Crippen LogP) is 1.56. The number of ether oxygens (including phenoxy) is 1. The molecule has 0 N–H and O–H groups in total. The van der Waals surface area contributed by atoms with Crippen molar-refractivity contribution < 1.29 is 4.74 Å². The lowest BCUT2D eigenvalue weighted by atomic mass is 9.76. The first-order valence-corrected chi connectivity index (χ1v) is 5.16. The molecule has 2 heteroatoms. The minimum atomic E-state index is -0.147. The molecule has 1 heterocycles. The van der Waals surface area contributed by atoms with Crippen molar-refractivity contribution in [3.63, 3.8) is 0 Å². The zero-order valence-electron chi connectivity index (χ0n) is 8.16. The molecule has 4 radical (unpaired) electrons. The minimum Gasteiger partial charge on any atom is -0.383 e. The molecule has 2 aliphatic carbocycles. The molecule has 1 fully saturated rings. The molecule has 0 saturated carbocycles. The Balaban J connectivity index is 1.86. The summed E-state index contributed by atoms with van der Waals surface area (Å²) < 4.78 is 5.75. The van der Waals surface area contributed by atoms with Crippen molar-refractivity contribution in [2.75, 3.05) is 0 Å². The van der Waals surface area contributed by atoms with Gasteiger partial charge < -0.3 is 4.74 Å². The molecule has 1 saturated heterocycles. The van der Waals surface area contributed by atoms with Gasteiger partial charge in [0.1, 0.15) is 7.85 Å². The van der Waals surface area contributed by atoms with Crippen molar-refractivity contribution in [2.45, 2.75) is 25.5 Å². The Morgan fingerprint density at radius 3 is 2.71 bits per heavy atom. The quantitative estimate of drug-likeness (QED) is 0.475. The Labute approximate surface area is 85.9 Å². The Hall–Kier alpha value is -0.715. The summed E-state index contributed by atoms with van der Waals surface area (Å²) in [5, 5.41) is 0. The van der Waals surface area contributed by atoms with Gasteiger partial charge in [-0.05, 0) is 6.42 Å². The predicted molar refractivity (Wildman–Crippen MR) is 54.3 cm³/mol. The maximum atomic E-state index is 5.99. The number of rotatable bonds is 3. The second kappa shape index (κ2) is 2.89. The van der Waals surface area contributed by atoms with Crippen molar-refractivity contribution in [3.05, 3.63) is 35.5 Å². The molecule has 0 aromatic heterocycles. The fourth-order valence-electron chi connectivity index (χ4n) is 2.39. The van der Waals surface area contributed by atoms with Gasteiger partial charge >= 0.3 is 0 Å². The zero-order chi connectivity index (χ0) is 9.71. The van der Waals surface area contributed by atoms with E-state index in [2.05, 4.69) is 31.2 Å². The van der Waals surface area contributed by atoms with Crippen LogP contribution in [0.5, 0.6) is 0 Å². The molecule has 1 nitrogen and oxygen atoms in total. The third kappa shape index (κ3) is 1.22. The van der Waals surface area contributed by atoms with E-state index in [1.54, 1.807) is 0 Å². The maximum absolute atomic E-state index is 5.99. The Bertz CT molecular complexity index is 363. The lowest BCUT2D eigenvalue weighted by molar-refractivity contribution is 0.0730. The second-order valence-corrected chi connectivity index (χ2v) is 4.10. The zero-order valence-corrected chi connectivity index (χ0v) is 8.16. The third-order valence-corrected chi connectivity index (χ3v) is 3.22. The smallest absolute Gasteiger partial charge is 0.109 e. The van der Waals surface area contributed by atoms with Crippen LogP contribution in [0.2, 0.25) is 0 Å². The van der Waals surface area contributed by atoms with Crippen LogP contribution in [0.4, 0.5) is 0 Å². The number of hydrogen-bond acceptors (Lipinski definition) is 1. The van der Waals surface area contributed by atoms with Gasteiger partial charge in [-0.15, -0.1) is 5.73 Å². The average molecular weight is 182 g/mol. The fraction of sp³-hybridized carbons (Fsp3) is 0.500. The van der Waals surface area contributed by atoms with Crippen LogP contribution in [0.3, 0.4) is 0 Å². The lowest BCUT2D eigenvalue weighted by Crippen LogP contribution is -2.21. The molecule has 0 spiro atoms. The highest BCUT2D eigenvalue weighted by Crippen LogP contribution is 2.47. The van der Waals surface area contributed by atoms with Gasteiger partial charge in [0.25, 0.3) is 0 Å². The van der Waals surface area contributed by atoms with Crippen LogP contribution in [0.1, 0.15) is 13.3 Å². The van der Waals surface area contributed by atoms with Gasteiger partial charge in [0.15, 0.2) is 0 Å². The molecule has 0 aromatic carbocycles. The van der Waals surface area contributed by atoms with Crippen molar-refractivity contribution >= 4 is 7.85 Å². The van der Waals surface area contributed by atoms with E-state index < -0.39 is 0 Å². The van der Waals surface area contributed by atoms with E-state index in [-0.39, 0.29) is 12.1 Å². The summed E-state index contributed by atoms with van der Waals surface area (Å²) in [5.74, 6) is 0.748. The van der Waals surface area contributed by atoms with Crippen LogP contribution in [0.15, 0.2) is 23.0 Å². The van der Waals surface area contributed by atoms with Crippen LogP contribution < -0.4 is 0 Å². The molecule has 68 valence electrons. The van der Waals surface area contributed by atoms with E-state index in [1.165, 1.54) is 11.1 Å². The van der Waals surface area contributed by atoms with Gasteiger partial charge in [0.05, 0.1) is 6.10 Å². The summed E-state index contributed by atoms with van der Waals surface area (Å²) >= 11 is 0. The highest BCUT2D eigenvalue weighted by molar-refractivity contribution is 6.11. The Morgan fingerprint density at radius 2 is 2.21 bits per heavy atom. The van der Waals surface area contributed by atoms with Crippen molar-refractivity contribution in [3.8, 4) is 0 Å². The molecule has 4 unspecified atom stereocenters.